The number of hydrogen-bond donors (Lipinski definition) is 1. The Bertz CT molecular complexity index is 447. The molecule has 0 amide bonds. The van der Waals surface area contributed by atoms with Crippen LogP contribution in [0.3, 0.4) is 0 Å². The van der Waals surface area contributed by atoms with Crippen molar-refractivity contribution in [3.05, 3.63) is 29.8 Å². The van der Waals surface area contributed by atoms with Gasteiger partial charge in [0.2, 0.25) is 0 Å². The Balaban J connectivity index is 2.47. The van der Waals surface area contributed by atoms with Crippen molar-refractivity contribution in [2.24, 2.45) is 0 Å². The number of likely N-dealkylation sites (N-methyl/N-ethyl adjacent to an activating group) is 1. The Morgan fingerprint density at radius 3 is 2.62 bits per heavy atom. The zero-order valence-electron chi connectivity index (χ0n) is 13.6. The Morgan fingerprint density at radius 2 is 2.00 bits per heavy atom. The lowest BCUT2D eigenvalue weighted by molar-refractivity contribution is -0.150. The predicted octanol–water partition coefficient (Wildman–Crippen LogP) is 3.09. The molecule has 0 aliphatic heterocycles. The molecule has 1 aromatic rings. The summed E-state index contributed by atoms with van der Waals surface area (Å²) >= 11 is 0. The normalized spacial score (nSPS) is 13.5. The maximum absolute atomic E-state index is 12.0. The van der Waals surface area contributed by atoms with Crippen LogP contribution in [-0.2, 0) is 9.53 Å². The minimum atomic E-state index is -0.639. The number of nitrogens with one attached hydrogen (secondary N) is 1. The summed E-state index contributed by atoms with van der Waals surface area (Å²) in [6.45, 7) is 9.45. The van der Waals surface area contributed by atoms with Gasteiger partial charge < -0.3 is 14.8 Å². The number of aryl methyl sites for hydroxylation is 1. The molecule has 0 bridgehead atoms. The van der Waals surface area contributed by atoms with Crippen LogP contribution in [0.2, 0.25) is 0 Å². The zero-order valence-corrected chi connectivity index (χ0v) is 13.6. The van der Waals surface area contributed by atoms with Crippen LogP contribution in [0, 0.1) is 6.92 Å². The molecular weight excluding hydrogens is 266 g/mol. The highest BCUT2D eigenvalue weighted by atomic mass is 16.5. The van der Waals surface area contributed by atoms with Gasteiger partial charge in [-0.15, -0.1) is 0 Å². The average Bonchev–Trinajstić information content (AvgIpc) is 2.46. The van der Waals surface area contributed by atoms with E-state index in [9.17, 15) is 4.79 Å². The van der Waals surface area contributed by atoms with E-state index in [2.05, 4.69) is 5.32 Å². The summed E-state index contributed by atoms with van der Waals surface area (Å²) in [5, 5.41) is 3.22. The summed E-state index contributed by atoms with van der Waals surface area (Å²) in [4.78, 5) is 12.0. The van der Waals surface area contributed by atoms with Crippen LogP contribution < -0.4 is 10.1 Å². The number of hydrogen-bond acceptors (Lipinski definition) is 4. The molecule has 0 saturated carbocycles. The number of rotatable bonds is 9. The molecule has 0 aliphatic rings. The molecule has 0 aromatic heterocycles. The van der Waals surface area contributed by atoms with Crippen LogP contribution in [0.25, 0.3) is 0 Å². The highest BCUT2D eigenvalue weighted by Crippen LogP contribution is 2.18. The van der Waals surface area contributed by atoms with Crippen molar-refractivity contribution in [1.29, 1.82) is 0 Å². The SMILES string of the molecule is CCNC(C)(CCCOc1ccccc1C)C(=O)OCC. The van der Waals surface area contributed by atoms with E-state index < -0.39 is 5.54 Å². The van der Waals surface area contributed by atoms with E-state index in [1.54, 1.807) is 0 Å². The Kier molecular flexibility index (Phi) is 7.23. The van der Waals surface area contributed by atoms with Gasteiger partial charge in [-0.05, 0) is 51.8 Å². The van der Waals surface area contributed by atoms with E-state index >= 15 is 0 Å². The highest BCUT2D eigenvalue weighted by molar-refractivity contribution is 5.80. The minimum absolute atomic E-state index is 0.192. The van der Waals surface area contributed by atoms with Crippen molar-refractivity contribution < 1.29 is 14.3 Å². The van der Waals surface area contributed by atoms with Gasteiger partial charge in [0.15, 0.2) is 0 Å². The highest BCUT2D eigenvalue weighted by Gasteiger charge is 2.33. The van der Waals surface area contributed by atoms with Gasteiger partial charge in [-0.3, -0.25) is 4.79 Å². The van der Waals surface area contributed by atoms with Gasteiger partial charge in [-0.25, -0.2) is 0 Å². The second-order valence-corrected chi connectivity index (χ2v) is 5.30. The van der Waals surface area contributed by atoms with E-state index in [1.807, 2.05) is 52.0 Å². The van der Waals surface area contributed by atoms with Crippen LogP contribution in [0.15, 0.2) is 24.3 Å². The molecule has 0 radical (unpaired) electrons. The molecular formula is C17H27NO3. The first-order valence-electron chi connectivity index (χ1n) is 7.64. The monoisotopic (exact) mass is 293 g/mol. The maximum Gasteiger partial charge on any atom is 0.326 e. The number of esters is 1. The number of para-hydroxylation sites is 1. The lowest BCUT2D eigenvalue weighted by atomic mass is 9.96. The molecule has 1 N–H and O–H groups in total. The fourth-order valence-corrected chi connectivity index (χ4v) is 2.27. The van der Waals surface area contributed by atoms with E-state index in [4.69, 9.17) is 9.47 Å². The number of carbonyl (C=O) groups is 1. The molecule has 118 valence electrons. The molecule has 1 aromatic carbocycles. The molecule has 0 aliphatic carbocycles. The first-order chi connectivity index (χ1) is 10.0. The molecule has 21 heavy (non-hydrogen) atoms. The minimum Gasteiger partial charge on any atom is -0.493 e. The third-order valence-corrected chi connectivity index (χ3v) is 3.47. The molecule has 0 fully saturated rings. The first kappa shape index (κ1) is 17.5. The summed E-state index contributed by atoms with van der Waals surface area (Å²) in [6, 6.07) is 7.94. The topological polar surface area (TPSA) is 47.6 Å². The van der Waals surface area contributed by atoms with Crippen molar-refractivity contribution >= 4 is 5.97 Å². The predicted molar refractivity (Wildman–Crippen MR) is 84.6 cm³/mol. The Labute approximate surface area is 127 Å². The van der Waals surface area contributed by atoms with Crippen LogP contribution in [0.5, 0.6) is 5.75 Å². The second-order valence-electron chi connectivity index (χ2n) is 5.30. The molecule has 0 heterocycles. The summed E-state index contributed by atoms with van der Waals surface area (Å²) in [5.41, 5.74) is 0.483. The molecule has 1 atom stereocenters. The fourth-order valence-electron chi connectivity index (χ4n) is 2.27. The summed E-state index contributed by atoms with van der Waals surface area (Å²) < 4.78 is 10.9. The Hall–Kier alpha value is -1.55. The average molecular weight is 293 g/mol. The fraction of sp³-hybridized carbons (Fsp3) is 0.588. The molecule has 4 nitrogen and oxygen atoms in total. The summed E-state index contributed by atoms with van der Waals surface area (Å²) in [5.74, 6) is 0.710. The third kappa shape index (κ3) is 5.38. The van der Waals surface area contributed by atoms with Gasteiger partial charge in [0.05, 0.1) is 13.2 Å². The third-order valence-electron chi connectivity index (χ3n) is 3.47. The molecule has 1 unspecified atom stereocenters. The number of ether oxygens (including phenoxy) is 2. The van der Waals surface area contributed by atoms with E-state index in [-0.39, 0.29) is 5.97 Å². The quantitative estimate of drug-likeness (QED) is 0.561. The Morgan fingerprint density at radius 1 is 1.29 bits per heavy atom. The standard InChI is InChI=1S/C17H27NO3/c1-5-18-17(4,16(19)20-6-2)12-9-13-21-15-11-8-7-10-14(15)3/h7-8,10-11,18H,5-6,9,12-13H2,1-4H3. The molecule has 4 heteroatoms. The van der Waals surface area contributed by atoms with Gasteiger partial charge in [-0.2, -0.15) is 0 Å². The van der Waals surface area contributed by atoms with Crippen molar-refractivity contribution in [3.8, 4) is 5.75 Å². The van der Waals surface area contributed by atoms with Crippen molar-refractivity contribution in [1.82, 2.24) is 5.32 Å². The first-order valence-corrected chi connectivity index (χ1v) is 7.64. The lowest BCUT2D eigenvalue weighted by Gasteiger charge is -2.28. The summed E-state index contributed by atoms with van der Waals surface area (Å²) in [6.07, 6.45) is 1.47. The van der Waals surface area contributed by atoms with Gasteiger partial charge in [0.25, 0.3) is 0 Å². The van der Waals surface area contributed by atoms with Crippen molar-refractivity contribution in [3.63, 3.8) is 0 Å². The molecule has 0 spiro atoms. The van der Waals surface area contributed by atoms with E-state index in [0.29, 0.717) is 19.6 Å². The molecule has 1 rings (SSSR count). The lowest BCUT2D eigenvalue weighted by Crippen LogP contribution is -2.50. The van der Waals surface area contributed by atoms with Crippen LogP contribution in [0.4, 0.5) is 0 Å². The van der Waals surface area contributed by atoms with Crippen molar-refractivity contribution in [2.75, 3.05) is 19.8 Å². The maximum atomic E-state index is 12.0. The van der Waals surface area contributed by atoms with Crippen LogP contribution in [0.1, 0.15) is 39.2 Å². The van der Waals surface area contributed by atoms with Gasteiger partial charge in [0, 0.05) is 0 Å². The second kappa shape index (κ2) is 8.67. The molecule has 0 saturated heterocycles. The smallest absolute Gasteiger partial charge is 0.326 e. The van der Waals surface area contributed by atoms with Crippen LogP contribution in [-0.4, -0.2) is 31.3 Å². The van der Waals surface area contributed by atoms with Gasteiger partial charge in [-0.1, -0.05) is 25.1 Å². The van der Waals surface area contributed by atoms with Gasteiger partial charge in [0.1, 0.15) is 11.3 Å². The van der Waals surface area contributed by atoms with Crippen molar-refractivity contribution in [2.45, 2.75) is 46.1 Å². The number of benzene rings is 1. The van der Waals surface area contributed by atoms with Crippen LogP contribution >= 0.6 is 0 Å². The largest absolute Gasteiger partial charge is 0.493 e. The van der Waals surface area contributed by atoms with E-state index in [0.717, 1.165) is 24.3 Å². The zero-order chi connectivity index (χ0) is 15.7. The number of carbonyl (C=O) groups excluding carboxylic acids is 1. The summed E-state index contributed by atoms with van der Waals surface area (Å²) in [7, 11) is 0. The van der Waals surface area contributed by atoms with E-state index in [1.165, 1.54) is 0 Å². The van der Waals surface area contributed by atoms with Gasteiger partial charge >= 0.3 is 5.97 Å².